The maximum absolute atomic E-state index is 13.2. The van der Waals surface area contributed by atoms with Gasteiger partial charge in [-0.2, -0.15) is 0 Å². The Balaban J connectivity index is 2.10. The quantitative estimate of drug-likeness (QED) is 0.926. The third-order valence-electron chi connectivity index (χ3n) is 3.25. The first-order valence-electron chi connectivity index (χ1n) is 5.25. The molecule has 2 atom stereocenters. The van der Waals surface area contributed by atoms with Crippen LogP contribution in [-0.2, 0) is 11.2 Å². The molecule has 0 heterocycles. The molecule has 1 saturated carbocycles. The summed E-state index contributed by atoms with van der Waals surface area (Å²) in [5.41, 5.74) is 0.857. The van der Waals surface area contributed by atoms with Crippen LogP contribution in [0.15, 0.2) is 22.7 Å². The smallest absolute Gasteiger partial charge is 0.306 e. The molecular weight excluding hydrogens is 275 g/mol. The van der Waals surface area contributed by atoms with Gasteiger partial charge < -0.3 is 5.11 Å². The lowest BCUT2D eigenvalue weighted by Gasteiger charge is -2.33. The van der Waals surface area contributed by atoms with E-state index in [0.717, 1.165) is 18.4 Å². The van der Waals surface area contributed by atoms with Gasteiger partial charge in [0.1, 0.15) is 5.82 Å². The minimum absolute atomic E-state index is 0.149. The number of carboxylic acid groups (broad SMARTS) is 1. The van der Waals surface area contributed by atoms with E-state index in [9.17, 15) is 9.18 Å². The van der Waals surface area contributed by atoms with Gasteiger partial charge in [0.2, 0.25) is 0 Å². The van der Waals surface area contributed by atoms with Crippen molar-refractivity contribution >= 4 is 21.9 Å². The molecule has 1 aliphatic rings. The second-order valence-corrected chi connectivity index (χ2v) is 4.99. The summed E-state index contributed by atoms with van der Waals surface area (Å²) in [7, 11) is 0. The summed E-state index contributed by atoms with van der Waals surface area (Å²) in [6.07, 6.45) is 2.29. The second-order valence-electron chi connectivity index (χ2n) is 4.20. The molecule has 1 aromatic rings. The molecule has 16 heavy (non-hydrogen) atoms. The molecule has 0 radical (unpaired) electrons. The van der Waals surface area contributed by atoms with Crippen LogP contribution in [0.4, 0.5) is 4.39 Å². The van der Waals surface area contributed by atoms with Crippen LogP contribution in [0.3, 0.4) is 0 Å². The predicted molar refractivity (Wildman–Crippen MR) is 61.7 cm³/mol. The molecule has 1 aliphatic carbocycles. The molecule has 0 spiro atoms. The zero-order valence-electron chi connectivity index (χ0n) is 8.62. The fourth-order valence-electron chi connectivity index (χ4n) is 2.13. The zero-order chi connectivity index (χ0) is 11.7. The third-order valence-corrected chi connectivity index (χ3v) is 4.14. The van der Waals surface area contributed by atoms with Crippen LogP contribution < -0.4 is 0 Å². The molecule has 86 valence electrons. The average Bonchev–Trinajstić information content (AvgIpc) is 2.17. The summed E-state index contributed by atoms with van der Waals surface area (Å²) in [4.78, 5) is 10.8. The fraction of sp³-hybridized carbons (Fsp3) is 0.417. The van der Waals surface area contributed by atoms with Crippen molar-refractivity contribution in [1.82, 2.24) is 0 Å². The van der Waals surface area contributed by atoms with Crippen LogP contribution in [0.2, 0.25) is 0 Å². The zero-order valence-corrected chi connectivity index (χ0v) is 10.2. The van der Waals surface area contributed by atoms with E-state index < -0.39 is 5.97 Å². The van der Waals surface area contributed by atoms with E-state index in [1.54, 1.807) is 6.07 Å². The Bertz CT molecular complexity index is 419. The molecule has 0 amide bonds. The van der Waals surface area contributed by atoms with Crippen LogP contribution in [0.5, 0.6) is 0 Å². The van der Waals surface area contributed by atoms with E-state index in [1.807, 2.05) is 6.07 Å². The normalized spacial score (nSPS) is 23.9. The van der Waals surface area contributed by atoms with E-state index in [1.165, 1.54) is 6.07 Å². The van der Waals surface area contributed by atoms with Crippen molar-refractivity contribution < 1.29 is 14.3 Å². The van der Waals surface area contributed by atoms with Crippen LogP contribution in [0.25, 0.3) is 0 Å². The Labute approximate surface area is 102 Å². The maximum atomic E-state index is 13.2. The number of rotatable bonds is 3. The number of hydrogen-bond acceptors (Lipinski definition) is 1. The average molecular weight is 287 g/mol. The van der Waals surface area contributed by atoms with E-state index in [0.29, 0.717) is 10.9 Å². The fourth-order valence-corrected chi connectivity index (χ4v) is 2.55. The Hall–Kier alpha value is -0.900. The van der Waals surface area contributed by atoms with Crippen molar-refractivity contribution in [2.24, 2.45) is 11.8 Å². The van der Waals surface area contributed by atoms with E-state index in [2.05, 4.69) is 15.9 Å². The summed E-state index contributed by atoms with van der Waals surface area (Å²) in [5.74, 6) is -1.13. The number of benzene rings is 1. The van der Waals surface area contributed by atoms with Gasteiger partial charge in [-0.05, 0) is 52.7 Å². The SMILES string of the molecule is O=C(O)C1CCC1Cc1cccc(F)c1Br. The van der Waals surface area contributed by atoms with Crippen LogP contribution in [-0.4, -0.2) is 11.1 Å². The van der Waals surface area contributed by atoms with Crippen molar-refractivity contribution in [2.75, 3.05) is 0 Å². The van der Waals surface area contributed by atoms with Gasteiger partial charge in [0.25, 0.3) is 0 Å². The third kappa shape index (κ3) is 2.12. The topological polar surface area (TPSA) is 37.3 Å². The highest BCUT2D eigenvalue weighted by atomic mass is 79.9. The van der Waals surface area contributed by atoms with Gasteiger partial charge in [0.15, 0.2) is 0 Å². The molecule has 2 nitrogen and oxygen atoms in total. The van der Waals surface area contributed by atoms with Crippen molar-refractivity contribution in [3.8, 4) is 0 Å². The van der Waals surface area contributed by atoms with E-state index in [-0.39, 0.29) is 17.7 Å². The van der Waals surface area contributed by atoms with Gasteiger partial charge in [-0.15, -0.1) is 0 Å². The van der Waals surface area contributed by atoms with Gasteiger partial charge in [0.05, 0.1) is 10.4 Å². The van der Waals surface area contributed by atoms with Crippen molar-refractivity contribution in [3.63, 3.8) is 0 Å². The molecule has 1 N–H and O–H groups in total. The summed E-state index contributed by atoms with van der Waals surface area (Å²) >= 11 is 3.20. The van der Waals surface area contributed by atoms with Gasteiger partial charge in [-0.1, -0.05) is 12.1 Å². The molecule has 4 heteroatoms. The molecule has 0 saturated heterocycles. The molecule has 0 bridgehead atoms. The number of carbonyl (C=O) groups is 1. The number of hydrogen-bond donors (Lipinski definition) is 1. The number of carboxylic acids is 1. The molecule has 1 aromatic carbocycles. The maximum Gasteiger partial charge on any atom is 0.306 e. The first-order valence-corrected chi connectivity index (χ1v) is 6.04. The van der Waals surface area contributed by atoms with E-state index >= 15 is 0 Å². The largest absolute Gasteiger partial charge is 0.481 e. The van der Waals surface area contributed by atoms with Crippen LogP contribution >= 0.6 is 15.9 Å². The highest BCUT2D eigenvalue weighted by molar-refractivity contribution is 9.10. The Morgan fingerprint density at radius 3 is 2.81 bits per heavy atom. The van der Waals surface area contributed by atoms with Crippen LogP contribution in [0.1, 0.15) is 18.4 Å². The Morgan fingerprint density at radius 2 is 2.25 bits per heavy atom. The monoisotopic (exact) mass is 286 g/mol. The number of halogens is 2. The summed E-state index contributed by atoms with van der Waals surface area (Å²) < 4.78 is 13.7. The molecular formula is C12H12BrFO2. The molecule has 0 aromatic heterocycles. The minimum atomic E-state index is -0.733. The number of aliphatic carboxylic acids is 1. The summed E-state index contributed by atoms with van der Waals surface area (Å²) in [5, 5.41) is 8.92. The van der Waals surface area contributed by atoms with E-state index in [4.69, 9.17) is 5.11 Å². The Morgan fingerprint density at radius 1 is 1.50 bits per heavy atom. The highest BCUT2D eigenvalue weighted by Crippen LogP contribution is 2.38. The summed E-state index contributed by atoms with van der Waals surface area (Å²) in [6, 6.07) is 4.89. The lowest BCUT2D eigenvalue weighted by molar-refractivity contribution is -0.147. The molecule has 2 unspecified atom stereocenters. The van der Waals surface area contributed by atoms with Gasteiger partial charge in [0, 0.05) is 0 Å². The second kappa shape index (κ2) is 4.53. The van der Waals surface area contributed by atoms with Gasteiger partial charge >= 0.3 is 5.97 Å². The lowest BCUT2D eigenvalue weighted by atomic mass is 9.71. The predicted octanol–water partition coefficient (Wildman–Crippen LogP) is 3.24. The van der Waals surface area contributed by atoms with Crippen molar-refractivity contribution in [1.29, 1.82) is 0 Å². The molecule has 2 rings (SSSR count). The van der Waals surface area contributed by atoms with Crippen LogP contribution in [0, 0.1) is 17.7 Å². The highest BCUT2D eigenvalue weighted by Gasteiger charge is 2.36. The Kier molecular flexibility index (Phi) is 3.28. The standard InChI is InChI=1S/C12H12BrFO2/c13-11-8(2-1-3-10(11)14)6-7-4-5-9(7)12(15)16/h1-3,7,9H,4-6H2,(H,15,16). The minimum Gasteiger partial charge on any atom is -0.481 e. The molecule has 0 aliphatic heterocycles. The van der Waals surface area contributed by atoms with Crippen molar-refractivity contribution in [2.45, 2.75) is 19.3 Å². The molecule has 1 fully saturated rings. The lowest BCUT2D eigenvalue weighted by Crippen LogP contribution is -2.34. The first-order chi connectivity index (χ1) is 7.59. The summed E-state index contributed by atoms with van der Waals surface area (Å²) in [6.45, 7) is 0. The first kappa shape index (κ1) is 11.6. The van der Waals surface area contributed by atoms with Crippen molar-refractivity contribution in [3.05, 3.63) is 34.1 Å². The van der Waals surface area contributed by atoms with Gasteiger partial charge in [-0.25, -0.2) is 4.39 Å². The van der Waals surface area contributed by atoms with Gasteiger partial charge in [-0.3, -0.25) is 4.79 Å².